The number of halogens is 1. The van der Waals surface area contributed by atoms with E-state index in [1.165, 1.54) is 6.21 Å². The van der Waals surface area contributed by atoms with Crippen LogP contribution in [-0.2, 0) is 0 Å². The van der Waals surface area contributed by atoms with Gasteiger partial charge in [-0.1, -0.05) is 11.6 Å². The molecule has 0 bridgehead atoms. The van der Waals surface area contributed by atoms with Gasteiger partial charge in [0, 0.05) is 22.5 Å². The van der Waals surface area contributed by atoms with Gasteiger partial charge in [0.1, 0.15) is 0 Å². The van der Waals surface area contributed by atoms with Gasteiger partial charge in [-0.3, -0.25) is 0 Å². The Morgan fingerprint density at radius 1 is 1.55 bits per heavy atom. The average molecular weight is 169 g/mol. The third kappa shape index (κ3) is 1.35. The van der Waals surface area contributed by atoms with Crippen molar-refractivity contribution < 1.29 is 0 Å². The van der Waals surface area contributed by atoms with Gasteiger partial charge in [0.15, 0.2) is 0 Å². The molecule has 58 valence electrons. The van der Waals surface area contributed by atoms with Crippen LogP contribution in [-0.4, -0.2) is 6.21 Å². The molecule has 0 aromatic heterocycles. The summed E-state index contributed by atoms with van der Waals surface area (Å²) in [6, 6.07) is 3.48. The standard InChI is InChI=1S/C8H9ClN2/c1-5-7(9)3-2-6(4-10)8(5)11/h2-4,10H,11H2,1H3. The molecule has 0 aliphatic rings. The second-order valence-corrected chi connectivity index (χ2v) is 2.73. The van der Waals surface area contributed by atoms with Crippen LogP contribution in [0.1, 0.15) is 11.1 Å². The fourth-order valence-electron chi connectivity index (χ4n) is 0.849. The number of rotatable bonds is 1. The highest BCUT2D eigenvalue weighted by atomic mass is 35.5. The molecule has 2 nitrogen and oxygen atoms in total. The maximum Gasteiger partial charge on any atom is 0.0456 e. The molecule has 0 unspecified atom stereocenters. The maximum absolute atomic E-state index is 7.00. The average Bonchev–Trinajstić information content (AvgIpc) is 2.01. The molecule has 0 spiro atoms. The van der Waals surface area contributed by atoms with Gasteiger partial charge < -0.3 is 11.1 Å². The Labute approximate surface area is 70.5 Å². The number of anilines is 1. The molecule has 0 fully saturated rings. The number of hydrogen-bond acceptors (Lipinski definition) is 2. The Kier molecular flexibility index (Phi) is 2.15. The summed E-state index contributed by atoms with van der Waals surface area (Å²) in [6.45, 7) is 1.84. The Balaban J connectivity index is 3.36. The summed E-state index contributed by atoms with van der Waals surface area (Å²) in [5.41, 5.74) is 7.80. The Morgan fingerprint density at radius 3 is 2.73 bits per heavy atom. The van der Waals surface area contributed by atoms with Crippen molar-refractivity contribution in [3.05, 3.63) is 28.3 Å². The van der Waals surface area contributed by atoms with Crippen LogP contribution in [0.15, 0.2) is 12.1 Å². The van der Waals surface area contributed by atoms with Gasteiger partial charge in [0.2, 0.25) is 0 Å². The van der Waals surface area contributed by atoms with E-state index < -0.39 is 0 Å². The van der Waals surface area contributed by atoms with Gasteiger partial charge in [0.05, 0.1) is 0 Å². The lowest BCUT2D eigenvalue weighted by atomic mass is 10.1. The van der Waals surface area contributed by atoms with Crippen LogP contribution >= 0.6 is 11.6 Å². The van der Waals surface area contributed by atoms with Crippen LogP contribution in [0.3, 0.4) is 0 Å². The summed E-state index contributed by atoms with van der Waals surface area (Å²) in [6.07, 6.45) is 1.22. The molecule has 0 aliphatic carbocycles. The van der Waals surface area contributed by atoms with E-state index in [2.05, 4.69) is 0 Å². The molecule has 0 heterocycles. The molecule has 1 rings (SSSR count). The van der Waals surface area contributed by atoms with E-state index in [0.29, 0.717) is 16.3 Å². The van der Waals surface area contributed by atoms with Gasteiger partial charge in [-0.25, -0.2) is 0 Å². The molecule has 3 heteroatoms. The first-order chi connectivity index (χ1) is 5.16. The molecular formula is C8H9ClN2. The van der Waals surface area contributed by atoms with E-state index in [1.807, 2.05) is 6.92 Å². The van der Waals surface area contributed by atoms with Crippen molar-refractivity contribution in [1.29, 1.82) is 5.41 Å². The number of nitrogens with two attached hydrogens (primary N) is 1. The highest BCUT2D eigenvalue weighted by molar-refractivity contribution is 6.31. The van der Waals surface area contributed by atoms with Crippen molar-refractivity contribution >= 4 is 23.5 Å². The fraction of sp³-hybridized carbons (Fsp3) is 0.125. The minimum atomic E-state index is 0.590. The molecule has 3 N–H and O–H groups in total. The smallest absolute Gasteiger partial charge is 0.0456 e. The normalized spacial score (nSPS) is 9.64. The quantitative estimate of drug-likeness (QED) is 0.490. The van der Waals surface area contributed by atoms with Crippen molar-refractivity contribution in [2.45, 2.75) is 6.92 Å². The monoisotopic (exact) mass is 168 g/mol. The predicted molar refractivity (Wildman–Crippen MR) is 48.5 cm³/mol. The zero-order valence-electron chi connectivity index (χ0n) is 6.19. The first-order valence-electron chi connectivity index (χ1n) is 3.22. The zero-order chi connectivity index (χ0) is 8.43. The van der Waals surface area contributed by atoms with Crippen LogP contribution in [0.4, 0.5) is 5.69 Å². The van der Waals surface area contributed by atoms with Crippen molar-refractivity contribution in [3.63, 3.8) is 0 Å². The van der Waals surface area contributed by atoms with Gasteiger partial charge >= 0.3 is 0 Å². The van der Waals surface area contributed by atoms with E-state index in [4.69, 9.17) is 22.7 Å². The molecule has 0 radical (unpaired) electrons. The van der Waals surface area contributed by atoms with E-state index in [0.717, 1.165) is 5.56 Å². The molecule has 11 heavy (non-hydrogen) atoms. The molecule has 1 aromatic carbocycles. The molecule has 1 aromatic rings. The number of benzene rings is 1. The summed E-state index contributed by atoms with van der Waals surface area (Å²) >= 11 is 5.79. The van der Waals surface area contributed by atoms with Gasteiger partial charge in [0.25, 0.3) is 0 Å². The van der Waals surface area contributed by atoms with Crippen LogP contribution in [0.2, 0.25) is 5.02 Å². The fourth-order valence-corrected chi connectivity index (χ4v) is 1.01. The first kappa shape index (κ1) is 8.08. The summed E-state index contributed by atoms with van der Waals surface area (Å²) in [7, 11) is 0. The van der Waals surface area contributed by atoms with Crippen molar-refractivity contribution in [2.75, 3.05) is 5.73 Å². The van der Waals surface area contributed by atoms with Crippen molar-refractivity contribution in [1.82, 2.24) is 0 Å². The predicted octanol–water partition coefficient (Wildman–Crippen LogP) is 2.23. The Hall–Kier alpha value is -1.02. The summed E-state index contributed by atoms with van der Waals surface area (Å²) in [5, 5.41) is 7.65. The zero-order valence-corrected chi connectivity index (χ0v) is 6.94. The number of hydrogen-bond donors (Lipinski definition) is 2. The van der Waals surface area contributed by atoms with Gasteiger partial charge in [-0.15, -0.1) is 0 Å². The van der Waals surface area contributed by atoms with Crippen molar-refractivity contribution in [2.24, 2.45) is 0 Å². The first-order valence-corrected chi connectivity index (χ1v) is 3.59. The molecule has 0 saturated carbocycles. The van der Waals surface area contributed by atoms with Gasteiger partial charge in [-0.2, -0.15) is 0 Å². The minimum Gasteiger partial charge on any atom is -0.398 e. The second-order valence-electron chi connectivity index (χ2n) is 2.32. The van der Waals surface area contributed by atoms with Crippen LogP contribution in [0, 0.1) is 12.3 Å². The van der Waals surface area contributed by atoms with Crippen LogP contribution in [0.25, 0.3) is 0 Å². The van der Waals surface area contributed by atoms with E-state index in [1.54, 1.807) is 12.1 Å². The highest BCUT2D eigenvalue weighted by Crippen LogP contribution is 2.23. The minimum absolute atomic E-state index is 0.590. The van der Waals surface area contributed by atoms with Gasteiger partial charge in [-0.05, 0) is 24.6 Å². The number of nitrogens with one attached hydrogen (secondary N) is 1. The maximum atomic E-state index is 7.00. The second kappa shape index (κ2) is 2.93. The van der Waals surface area contributed by atoms with Crippen LogP contribution < -0.4 is 5.73 Å². The summed E-state index contributed by atoms with van der Waals surface area (Å²) < 4.78 is 0. The third-order valence-corrected chi connectivity index (χ3v) is 2.05. The Bertz CT molecular complexity index is 294. The van der Waals surface area contributed by atoms with E-state index >= 15 is 0 Å². The van der Waals surface area contributed by atoms with Crippen molar-refractivity contribution in [3.8, 4) is 0 Å². The lowest BCUT2D eigenvalue weighted by Crippen LogP contribution is -1.96. The molecule has 0 atom stereocenters. The van der Waals surface area contributed by atoms with E-state index in [-0.39, 0.29) is 0 Å². The molecule has 0 saturated heterocycles. The highest BCUT2D eigenvalue weighted by Gasteiger charge is 2.02. The van der Waals surface area contributed by atoms with E-state index in [9.17, 15) is 0 Å². The Morgan fingerprint density at radius 2 is 2.18 bits per heavy atom. The lowest BCUT2D eigenvalue weighted by molar-refractivity contribution is 1.45. The lowest BCUT2D eigenvalue weighted by Gasteiger charge is -2.04. The molecular weight excluding hydrogens is 160 g/mol. The topological polar surface area (TPSA) is 49.9 Å². The summed E-state index contributed by atoms with van der Waals surface area (Å²) in [5.74, 6) is 0. The summed E-state index contributed by atoms with van der Waals surface area (Å²) in [4.78, 5) is 0. The van der Waals surface area contributed by atoms with Crippen LogP contribution in [0.5, 0.6) is 0 Å². The largest absolute Gasteiger partial charge is 0.398 e. The SMILES string of the molecule is Cc1c(Cl)ccc(C=N)c1N. The molecule has 0 aliphatic heterocycles. The molecule has 0 amide bonds. The number of nitrogen functional groups attached to an aromatic ring is 1. The third-order valence-electron chi connectivity index (χ3n) is 1.64.